The smallest absolute Gasteiger partial charge is 0.0973 e. The van der Waals surface area contributed by atoms with Crippen molar-refractivity contribution in [3.8, 4) is 0 Å². The Morgan fingerprint density at radius 1 is 0.923 bits per heavy atom. The average molecular weight is 184 g/mol. The monoisotopic (exact) mass is 184 g/mol. The minimum Gasteiger partial charge on any atom is -0.412 e. The van der Waals surface area contributed by atoms with Crippen LogP contribution >= 0.6 is 0 Å². The lowest BCUT2D eigenvalue weighted by atomic mass is 10.1. The third-order valence-electron chi connectivity index (χ3n) is 2.80. The summed E-state index contributed by atoms with van der Waals surface area (Å²) in [7, 11) is 0. The Morgan fingerprint density at radius 2 is 1.38 bits per heavy atom. The molecule has 0 bridgehead atoms. The average Bonchev–Trinajstić information content (AvgIpc) is 2.07. The number of hydrogen-bond donors (Lipinski definition) is 0. The zero-order chi connectivity index (χ0) is 8.86. The fraction of sp³-hybridized carbons (Fsp3) is 0.636. The van der Waals surface area contributed by atoms with Gasteiger partial charge in [-0.1, -0.05) is 13.2 Å². The molecular formula is C11H22NO+. The van der Waals surface area contributed by atoms with Crippen LogP contribution in [0.4, 0.5) is 0 Å². The molecule has 1 heterocycles. The van der Waals surface area contributed by atoms with Crippen molar-refractivity contribution in [3.63, 3.8) is 0 Å². The van der Waals surface area contributed by atoms with Gasteiger partial charge in [0, 0.05) is 0 Å². The van der Waals surface area contributed by atoms with Gasteiger partial charge in [-0.05, 0) is 31.4 Å². The second-order valence-corrected chi connectivity index (χ2v) is 3.79. The van der Waals surface area contributed by atoms with Crippen molar-refractivity contribution in [1.29, 1.82) is 0 Å². The molecule has 0 saturated carbocycles. The minimum atomic E-state index is 0. The molecule has 76 valence electrons. The van der Waals surface area contributed by atoms with Crippen LogP contribution in [0, 0.1) is 0 Å². The molecular weight excluding hydrogens is 162 g/mol. The molecule has 0 aromatic carbocycles. The zero-order valence-electron chi connectivity index (χ0n) is 8.47. The molecule has 0 atom stereocenters. The van der Waals surface area contributed by atoms with E-state index >= 15 is 0 Å². The molecule has 0 amide bonds. The molecule has 0 spiro atoms. The summed E-state index contributed by atoms with van der Waals surface area (Å²) in [6.45, 7) is 12.5. The number of rotatable bonds is 4. The maximum Gasteiger partial charge on any atom is 0.0973 e. The SMILES string of the molecule is C=CC[N+]1(CC=C)CCCCC1.O. The van der Waals surface area contributed by atoms with Gasteiger partial charge in [0.1, 0.15) is 0 Å². The Labute approximate surface area is 81.5 Å². The van der Waals surface area contributed by atoms with E-state index in [2.05, 4.69) is 25.3 Å². The largest absolute Gasteiger partial charge is 0.412 e. The van der Waals surface area contributed by atoms with Crippen LogP contribution < -0.4 is 0 Å². The standard InChI is InChI=1S/C11H20N.H2O/c1-3-8-12(9-4-2)10-6-5-7-11-12;/h3-4H,1-2,5-11H2;1H2/q+1;. The first-order valence-electron chi connectivity index (χ1n) is 4.90. The van der Waals surface area contributed by atoms with Crippen LogP contribution in [-0.4, -0.2) is 36.1 Å². The van der Waals surface area contributed by atoms with Crippen LogP contribution in [0.25, 0.3) is 0 Å². The quantitative estimate of drug-likeness (QED) is 0.469. The number of hydrogen-bond acceptors (Lipinski definition) is 0. The van der Waals surface area contributed by atoms with Gasteiger partial charge in [-0.2, -0.15) is 0 Å². The Morgan fingerprint density at radius 3 is 1.77 bits per heavy atom. The highest BCUT2D eigenvalue weighted by molar-refractivity contribution is 4.73. The zero-order valence-corrected chi connectivity index (χ0v) is 8.47. The predicted molar refractivity (Wildman–Crippen MR) is 57.6 cm³/mol. The minimum absolute atomic E-state index is 0. The van der Waals surface area contributed by atoms with Gasteiger partial charge in [0.25, 0.3) is 0 Å². The molecule has 13 heavy (non-hydrogen) atoms. The number of likely N-dealkylation sites (tertiary alicyclic amines) is 1. The summed E-state index contributed by atoms with van der Waals surface area (Å²) < 4.78 is 1.20. The Bertz CT molecular complexity index is 147. The first-order chi connectivity index (χ1) is 5.83. The van der Waals surface area contributed by atoms with Crippen LogP contribution in [0.1, 0.15) is 19.3 Å². The van der Waals surface area contributed by atoms with Gasteiger partial charge < -0.3 is 9.96 Å². The highest BCUT2D eigenvalue weighted by Crippen LogP contribution is 2.18. The molecule has 1 saturated heterocycles. The summed E-state index contributed by atoms with van der Waals surface area (Å²) in [5.41, 5.74) is 0. The van der Waals surface area contributed by atoms with Crippen LogP contribution in [0.15, 0.2) is 25.3 Å². The maximum atomic E-state index is 3.83. The van der Waals surface area contributed by atoms with Gasteiger partial charge in [0.15, 0.2) is 0 Å². The van der Waals surface area contributed by atoms with Gasteiger partial charge in [0.2, 0.25) is 0 Å². The summed E-state index contributed by atoms with van der Waals surface area (Å²) in [4.78, 5) is 0. The van der Waals surface area contributed by atoms with E-state index in [1.165, 1.54) is 36.8 Å². The van der Waals surface area contributed by atoms with Crippen molar-refractivity contribution in [2.45, 2.75) is 19.3 Å². The third kappa shape index (κ3) is 3.33. The fourth-order valence-corrected chi connectivity index (χ4v) is 2.17. The van der Waals surface area contributed by atoms with Gasteiger partial charge in [0.05, 0.1) is 26.2 Å². The molecule has 1 fully saturated rings. The van der Waals surface area contributed by atoms with Crippen molar-refractivity contribution in [2.75, 3.05) is 26.2 Å². The second-order valence-electron chi connectivity index (χ2n) is 3.79. The molecule has 1 aliphatic rings. The van der Waals surface area contributed by atoms with Crippen molar-refractivity contribution >= 4 is 0 Å². The van der Waals surface area contributed by atoms with E-state index in [4.69, 9.17) is 0 Å². The van der Waals surface area contributed by atoms with E-state index < -0.39 is 0 Å². The number of nitrogens with zero attached hydrogens (tertiary/aromatic N) is 1. The van der Waals surface area contributed by atoms with E-state index in [0.29, 0.717) is 0 Å². The lowest BCUT2D eigenvalue weighted by molar-refractivity contribution is -0.921. The molecule has 2 heteroatoms. The van der Waals surface area contributed by atoms with E-state index in [9.17, 15) is 0 Å². The van der Waals surface area contributed by atoms with Crippen molar-refractivity contribution in [3.05, 3.63) is 25.3 Å². The van der Waals surface area contributed by atoms with Crippen molar-refractivity contribution < 1.29 is 9.96 Å². The lowest BCUT2D eigenvalue weighted by Crippen LogP contribution is -2.51. The lowest BCUT2D eigenvalue weighted by Gasteiger charge is -2.40. The summed E-state index contributed by atoms with van der Waals surface area (Å²) >= 11 is 0. The topological polar surface area (TPSA) is 31.5 Å². The highest BCUT2D eigenvalue weighted by Gasteiger charge is 2.26. The van der Waals surface area contributed by atoms with Gasteiger partial charge >= 0.3 is 0 Å². The normalized spacial score (nSPS) is 20.0. The second kappa shape index (κ2) is 5.95. The molecule has 2 nitrogen and oxygen atoms in total. The number of piperidine rings is 1. The van der Waals surface area contributed by atoms with E-state index in [1.54, 1.807) is 0 Å². The van der Waals surface area contributed by atoms with E-state index in [0.717, 1.165) is 13.1 Å². The first-order valence-corrected chi connectivity index (χ1v) is 4.90. The summed E-state index contributed by atoms with van der Waals surface area (Å²) in [5, 5.41) is 0. The molecule has 0 unspecified atom stereocenters. The van der Waals surface area contributed by atoms with Gasteiger partial charge in [-0.25, -0.2) is 0 Å². The Hall–Kier alpha value is -0.600. The molecule has 1 rings (SSSR count). The van der Waals surface area contributed by atoms with Crippen LogP contribution in [0.5, 0.6) is 0 Å². The summed E-state index contributed by atoms with van der Waals surface area (Å²) in [5.74, 6) is 0. The van der Waals surface area contributed by atoms with Gasteiger partial charge in [-0.3, -0.25) is 0 Å². The molecule has 1 aliphatic heterocycles. The number of quaternary nitrogens is 1. The molecule has 0 aromatic heterocycles. The molecule has 2 N–H and O–H groups in total. The predicted octanol–water partition coefficient (Wildman–Crippen LogP) is 1.53. The molecule has 0 aromatic rings. The Balaban J connectivity index is 0.00000144. The Kier molecular flexibility index (Phi) is 5.67. The van der Waals surface area contributed by atoms with Crippen LogP contribution in [0.3, 0.4) is 0 Å². The van der Waals surface area contributed by atoms with Crippen LogP contribution in [-0.2, 0) is 0 Å². The van der Waals surface area contributed by atoms with Crippen molar-refractivity contribution in [2.24, 2.45) is 0 Å². The van der Waals surface area contributed by atoms with E-state index in [1.807, 2.05) is 0 Å². The summed E-state index contributed by atoms with van der Waals surface area (Å²) in [6, 6.07) is 0. The highest BCUT2D eigenvalue weighted by atomic mass is 16.0. The van der Waals surface area contributed by atoms with Gasteiger partial charge in [-0.15, -0.1) is 0 Å². The first kappa shape index (κ1) is 12.4. The maximum absolute atomic E-state index is 3.83. The van der Waals surface area contributed by atoms with Crippen LogP contribution in [0.2, 0.25) is 0 Å². The summed E-state index contributed by atoms with van der Waals surface area (Å²) in [6.07, 6.45) is 8.27. The molecule has 0 radical (unpaired) electrons. The third-order valence-corrected chi connectivity index (χ3v) is 2.80. The van der Waals surface area contributed by atoms with E-state index in [-0.39, 0.29) is 5.48 Å². The fourth-order valence-electron chi connectivity index (χ4n) is 2.17. The molecule has 0 aliphatic carbocycles. The van der Waals surface area contributed by atoms with Crippen molar-refractivity contribution in [1.82, 2.24) is 0 Å².